The summed E-state index contributed by atoms with van der Waals surface area (Å²) in [6.45, 7) is 2.35. The summed E-state index contributed by atoms with van der Waals surface area (Å²) >= 11 is 0. The molecule has 3 nitrogen and oxygen atoms in total. The van der Waals surface area contributed by atoms with Crippen LogP contribution >= 0.6 is 0 Å². The zero-order chi connectivity index (χ0) is 12.0. The van der Waals surface area contributed by atoms with Gasteiger partial charge in [0, 0.05) is 19.9 Å². The zero-order valence-corrected chi connectivity index (χ0v) is 10.1. The van der Waals surface area contributed by atoms with Crippen LogP contribution in [0.25, 0.3) is 0 Å². The van der Waals surface area contributed by atoms with Gasteiger partial charge in [0.1, 0.15) is 6.10 Å². The van der Waals surface area contributed by atoms with Crippen LogP contribution in [-0.4, -0.2) is 31.5 Å². The highest BCUT2D eigenvalue weighted by atomic mass is 16.5. The fourth-order valence-electron chi connectivity index (χ4n) is 1.54. The van der Waals surface area contributed by atoms with E-state index in [1.54, 1.807) is 0 Å². The molecular formula is C13H19NO2. The van der Waals surface area contributed by atoms with E-state index < -0.39 is 0 Å². The van der Waals surface area contributed by atoms with Crippen LogP contribution in [0.2, 0.25) is 0 Å². The molecule has 88 valence electrons. The highest BCUT2D eigenvalue weighted by molar-refractivity contribution is 5.66. The third kappa shape index (κ3) is 4.45. The van der Waals surface area contributed by atoms with Gasteiger partial charge in [-0.2, -0.15) is 0 Å². The van der Waals surface area contributed by atoms with Gasteiger partial charge in [-0.1, -0.05) is 30.3 Å². The van der Waals surface area contributed by atoms with Gasteiger partial charge >= 0.3 is 5.97 Å². The molecule has 0 aromatic heterocycles. The lowest BCUT2D eigenvalue weighted by atomic mass is 10.1. The van der Waals surface area contributed by atoms with Gasteiger partial charge in [-0.15, -0.1) is 0 Å². The molecule has 0 aliphatic rings. The SMILES string of the molecule is CC(=O)O[C@@H](CCN(C)C)c1ccccc1. The average Bonchev–Trinajstić information content (AvgIpc) is 2.25. The highest BCUT2D eigenvalue weighted by Gasteiger charge is 2.14. The minimum atomic E-state index is -0.229. The van der Waals surface area contributed by atoms with Crippen molar-refractivity contribution in [3.63, 3.8) is 0 Å². The molecule has 3 heteroatoms. The van der Waals surface area contributed by atoms with Gasteiger partial charge < -0.3 is 9.64 Å². The van der Waals surface area contributed by atoms with Gasteiger partial charge in [0.2, 0.25) is 0 Å². The molecule has 0 bridgehead atoms. The fourth-order valence-corrected chi connectivity index (χ4v) is 1.54. The Balaban J connectivity index is 2.67. The number of carbonyl (C=O) groups is 1. The second-order valence-corrected chi connectivity index (χ2v) is 4.10. The first-order valence-corrected chi connectivity index (χ1v) is 5.46. The van der Waals surface area contributed by atoms with Gasteiger partial charge in [0.25, 0.3) is 0 Å². The Labute approximate surface area is 97.0 Å². The third-order valence-electron chi connectivity index (χ3n) is 2.32. The number of hydrogen-bond donors (Lipinski definition) is 0. The van der Waals surface area contributed by atoms with Crippen molar-refractivity contribution in [3.05, 3.63) is 35.9 Å². The van der Waals surface area contributed by atoms with Crippen molar-refractivity contribution in [2.45, 2.75) is 19.4 Å². The number of benzene rings is 1. The Hall–Kier alpha value is -1.35. The minimum Gasteiger partial charge on any atom is -0.458 e. The fraction of sp³-hybridized carbons (Fsp3) is 0.462. The molecule has 0 saturated carbocycles. The summed E-state index contributed by atoms with van der Waals surface area (Å²) in [6.07, 6.45) is 0.678. The molecule has 1 aromatic rings. The molecule has 0 unspecified atom stereocenters. The molecule has 0 spiro atoms. The number of rotatable bonds is 5. The molecule has 0 amide bonds. The van der Waals surface area contributed by atoms with Crippen LogP contribution in [0.5, 0.6) is 0 Å². The van der Waals surface area contributed by atoms with Crippen LogP contribution < -0.4 is 0 Å². The van der Waals surface area contributed by atoms with Gasteiger partial charge in [0.15, 0.2) is 0 Å². The predicted octanol–water partition coefficient (Wildman–Crippen LogP) is 2.24. The maximum Gasteiger partial charge on any atom is 0.303 e. The smallest absolute Gasteiger partial charge is 0.303 e. The van der Waals surface area contributed by atoms with Crippen molar-refractivity contribution >= 4 is 5.97 Å². The molecule has 1 aromatic carbocycles. The van der Waals surface area contributed by atoms with Crippen molar-refractivity contribution in [3.8, 4) is 0 Å². The molecule has 0 aliphatic carbocycles. The first-order valence-electron chi connectivity index (χ1n) is 5.46. The monoisotopic (exact) mass is 221 g/mol. The topological polar surface area (TPSA) is 29.5 Å². The Bertz CT molecular complexity index is 322. The van der Waals surface area contributed by atoms with Gasteiger partial charge in [-0.25, -0.2) is 0 Å². The maximum absolute atomic E-state index is 11.0. The molecule has 1 atom stereocenters. The quantitative estimate of drug-likeness (QED) is 0.714. The molecule has 0 N–H and O–H groups in total. The molecule has 0 heterocycles. The molecule has 0 fully saturated rings. The van der Waals surface area contributed by atoms with E-state index in [0.29, 0.717) is 0 Å². The van der Waals surface area contributed by atoms with Gasteiger partial charge in [0.05, 0.1) is 0 Å². The van der Waals surface area contributed by atoms with E-state index >= 15 is 0 Å². The zero-order valence-electron chi connectivity index (χ0n) is 10.1. The Kier molecular flexibility index (Phi) is 4.99. The van der Waals surface area contributed by atoms with Crippen LogP contribution in [0.15, 0.2) is 30.3 Å². The van der Waals surface area contributed by atoms with E-state index in [0.717, 1.165) is 18.5 Å². The lowest BCUT2D eigenvalue weighted by molar-refractivity contribution is -0.147. The average molecular weight is 221 g/mol. The van der Waals surface area contributed by atoms with Crippen LogP contribution in [0.1, 0.15) is 25.0 Å². The molecule has 1 rings (SSSR count). The summed E-state index contributed by atoms with van der Waals surface area (Å²) < 4.78 is 5.32. The Morgan fingerprint density at radius 2 is 1.94 bits per heavy atom. The summed E-state index contributed by atoms with van der Waals surface area (Å²) in [5, 5.41) is 0. The van der Waals surface area contributed by atoms with Gasteiger partial charge in [-0.3, -0.25) is 4.79 Å². The van der Waals surface area contributed by atoms with Crippen molar-refractivity contribution in [1.82, 2.24) is 4.90 Å². The lowest BCUT2D eigenvalue weighted by Gasteiger charge is -2.19. The van der Waals surface area contributed by atoms with Gasteiger partial charge in [-0.05, 0) is 19.7 Å². The van der Waals surface area contributed by atoms with E-state index in [4.69, 9.17) is 4.74 Å². The van der Waals surface area contributed by atoms with Crippen LogP contribution in [0.4, 0.5) is 0 Å². The highest BCUT2D eigenvalue weighted by Crippen LogP contribution is 2.21. The number of esters is 1. The third-order valence-corrected chi connectivity index (χ3v) is 2.32. The predicted molar refractivity (Wildman–Crippen MR) is 64.1 cm³/mol. The van der Waals surface area contributed by atoms with Crippen LogP contribution in [0.3, 0.4) is 0 Å². The lowest BCUT2D eigenvalue weighted by Crippen LogP contribution is -2.18. The summed E-state index contributed by atoms with van der Waals surface area (Å²) in [6, 6.07) is 9.86. The van der Waals surface area contributed by atoms with Crippen molar-refractivity contribution in [2.75, 3.05) is 20.6 Å². The van der Waals surface area contributed by atoms with E-state index in [-0.39, 0.29) is 12.1 Å². The summed E-state index contributed by atoms with van der Waals surface area (Å²) in [7, 11) is 4.02. The van der Waals surface area contributed by atoms with Crippen molar-refractivity contribution in [2.24, 2.45) is 0 Å². The molecule has 16 heavy (non-hydrogen) atoms. The normalized spacial score (nSPS) is 12.5. The summed E-state index contributed by atoms with van der Waals surface area (Å²) in [4.78, 5) is 13.1. The molecule has 0 aliphatic heterocycles. The summed E-state index contributed by atoms with van der Waals surface area (Å²) in [5.74, 6) is -0.229. The summed E-state index contributed by atoms with van der Waals surface area (Å²) in [5.41, 5.74) is 1.06. The number of hydrogen-bond acceptors (Lipinski definition) is 3. The Morgan fingerprint density at radius 1 is 1.31 bits per heavy atom. The van der Waals surface area contributed by atoms with Crippen molar-refractivity contribution in [1.29, 1.82) is 0 Å². The van der Waals surface area contributed by atoms with Crippen LogP contribution in [-0.2, 0) is 9.53 Å². The van der Waals surface area contributed by atoms with Crippen LogP contribution in [0, 0.1) is 0 Å². The second-order valence-electron chi connectivity index (χ2n) is 4.10. The first kappa shape index (κ1) is 12.7. The van der Waals surface area contributed by atoms with E-state index in [2.05, 4.69) is 4.90 Å². The standard InChI is InChI=1S/C13H19NO2/c1-11(15)16-13(9-10-14(2)3)12-7-5-4-6-8-12/h4-8,13H,9-10H2,1-3H3/t13-/m0/s1. The first-order chi connectivity index (χ1) is 7.59. The minimum absolute atomic E-state index is 0.138. The van der Waals surface area contributed by atoms with Crippen molar-refractivity contribution < 1.29 is 9.53 Å². The Morgan fingerprint density at radius 3 is 2.44 bits per heavy atom. The number of nitrogens with zero attached hydrogens (tertiary/aromatic N) is 1. The van der Waals surface area contributed by atoms with E-state index in [1.807, 2.05) is 44.4 Å². The molecule has 0 saturated heterocycles. The number of ether oxygens (including phenoxy) is 1. The van der Waals surface area contributed by atoms with E-state index in [9.17, 15) is 4.79 Å². The largest absolute Gasteiger partial charge is 0.458 e. The molecular weight excluding hydrogens is 202 g/mol. The molecule has 0 radical (unpaired) electrons. The second kappa shape index (κ2) is 6.28. The van der Waals surface area contributed by atoms with E-state index in [1.165, 1.54) is 6.92 Å². The number of carbonyl (C=O) groups excluding carboxylic acids is 1. The maximum atomic E-state index is 11.0.